The number of para-hydroxylation sites is 1. The normalized spacial score (nSPS) is 12.6. The average molecular weight is 749 g/mol. The van der Waals surface area contributed by atoms with Gasteiger partial charge in [0.25, 0.3) is 0 Å². The largest absolute Gasteiger partial charge is 3.00 e. The van der Waals surface area contributed by atoms with Gasteiger partial charge in [0.1, 0.15) is 17.7 Å². The summed E-state index contributed by atoms with van der Waals surface area (Å²) in [5, 5.41) is 6.11. The van der Waals surface area contributed by atoms with Gasteiger partial charge in [0, 0.05) is 17.4 Å². The first-order valence-electron chi connectivity index (χ1n) is 12.2. The smallest absolute Gasteiger partial charge is 0.456 e. The van der Waals surface area contributed by atoms with Crippen LogP contribution in [0.5, 0.6) is 0 Å². The third-order valence-electron chi connectivity index (χ3n) is 5.76. The van der Waals surface area contributed by atoms with E-state index in [4.69, 9.17) is 0 Å². The molecule has 0 aliphatic carbocycles. The van der Waals surface area contributed by atoms with Crippen molar-refractivity contribution in [2.45, 2.75) is 6.18 Å². The number of benzene rings is 3. The monoisotopic (exact) mass is 749 g/mol. The molecule has 0 N–H and O–H groups in total. The maximum absolute atomic E-state index is 13.1. The Morgan fingerprint density at radius 3 is 2.05 bits per heavy atom. The molecule has 5 aromatic rings. The molecule has 0 atom stereocenters. The molecule has 0 spiro atoms. The van der Waals surface area contributed by atoms with Crippen molar-refractivity contribution in [3.8, 4) is 11.3 Å². The van der Waals surface area contributed by atoms with Crippen molar-refractivity contribution in [2.24, 2.45) is 5.10 Å². The van der Waals surface area contributed by atoms with Crippen LogP contribution in [0.3, 0.4) is 0 Å². The maximum atomic E-state index is 13.1. The minimum Gasteiger partial charge on any atom is -0.456 e. The summed E-state index contributed by atoms with van der Waals surface area (Å²) in [6.45, 7) is 1.73. The van der Waals surface area contributed by atoms with Crippen LogP contribution in [-0.4, -0.2) is 15.8 Å². The van der Waals surface area contributed by atoms with Crippen LogP contribution in [0.1, 0.15) is 11.1 Å². The molecule has 6 rings (SSSR count). The third kappa shape index (κ3) is 7.23. The Bertz CT molecular complexity index is 1620. The molecule has 0 unspecified atom stereocenters. The molecule has 0 saturated heterocycles. The summed E-state index contributed by atoms with van der Waals surface area (Å²) in [4.78, 5) is 8.84. The third-order valence-corrected chi connectivity index (χ3v) is 5.76. The van der Waals surface area contributed by atoms with Gasteiger partial charge in [-0.05, 0) is 23.9 Å². The van der Waals surface area contributed by atoms with Crippen molar-refractivity contribution >= 4 is 17.2 Å². The molecule has 1 aliphatic heterocycles. The molecule has 0 fully saturated rings. The zero-order chi connectivity index (χ0) is 28.8. The van der Waals surface area contributed by atoms with Gasteiger partial charge in [-0.25, -0.2) is 8.78 Å². The summed E-state index contributed by atoms with van der Waals surface area (Å²) in [5.74, 6) is -1.11. The van der Waals surface area contributed by atoms with E-state index in [1.54, 1.807) is 24.9 Å². The second-order valence-electron chi connectivity index (χ2n) is 8.52. The fourth-order valence-electron chi connectivity index (χ4n) is 3.82. The van der Waals surface area contributed by atoms with Gasteiger partial charge >= 0.3 is 26.3 Å². The summed E-state index contributed by atoms with van der Waals surface area (Å²) in [7, 11) is 0. The molecule has 1 aliphatic rings. The van der Waals surface area contributed by atoms with E-state index in [1.165, 1.54) is 17.3 Å². The molecule has 0 radical (unpaired) electrons. The van der Waals surface area contributed by atoms with E-state index >= 15 is 0 Å². The fraction of sp³-hybridized carbons (Fsp3) is 0.0323. The molecule has 5 nitrogen and oxygen atoms in total. The zero-order valence-corrected chi connectivity index (χ0v) is 23.8. The van der Waals surface area contributed by atoms with E-state index in [0.29, 0.717) is 17.2 Å². The van der Waals surface area contributed by atoms with Crippen molar-refractivity contribution < 1.29 is 42.1 Å². The number of rotatable bonds is 4. The quantitative estimate of drug-likeness (QED) is 0.108. The number of pyridine rings is 2. The minimum atomic E-state index is -4.39. The predicted octanol–water partition coefficient (Wildman–Crippen LogP) is 7.53. The van der Waals surface area contributed by atoms with E-state index in [9.17, 15) is 22.0 Å². The number of nitrogens with zero attached hydrogens (tertiary/aromatic N) is 5. The Balaban J connectivity index is 0.000000228. The molecule has 2 aromatic heterocycles. The predicted molar refractivity (Wildman–Crippen MR) is 145 cm³/mol. The van der Waals surface area contributed by atoms with E-state index in [-0.39, 0.29) is 25.7 Å². The summed E-state index contributed by atoms with van der Waals surface area (Å²) >= 11 is 0. The van der Waals surface area contributed by atoms with Crippen molar-refractivity contribution in [1.29, 1.82) is 0 Å². The number of hydrazone groups is 1. The maximum Gasteiger partial charge on any atom is 3.00 e. The SMILES string of the molecule is FC(F)(F)c1c[c-]c(N2[CH-]N(c3ccccc3)C(c3ccccc3)=N2)cc1.Fc1c[c-]c(-c2ccccn2)c(F)n1.[Ir+3]. The Hall–Kier alpha value is -4.47. The fourth-order valence-corrected chi connectivity index (χ4v) is 3.82. The van der Waals surface area contributed by atoms with Crippen LogP contribution in [0.4, 0.5) is 33.3 Å². The summed E-state index contributed by atoms with van der Waals surface area (Å²) < 4.78 is 63.9. The van der Waals surface area contributed by atoms with E-state index in [2.05, 4.69) is 27.2 Å². The van der Waals surface area contributed by atoms with Crippen LogP contribution in [0.2, 0.25) is 0 Å². The summed E-state index contributed by atoms with van der Waals surface area (Å²) in [6.07, 6.45) is -2.87. The first-order valence-corrected chi connectivity index (χ1v) is 12.2. The van der Waals surface area contributed by atoms with Crippen molar-refractivity contribution in [3.05, 3.63) is 151 Å². The van der Waals surface area contributed by atoms with Crippen LogP contribution in [-0.2, 0) is 26.3 Å². The van der Waals surface area contributed by atoms with Gasteiger partial charge in [0.15, 0.2) is 0 Å². The summed E-state index contributed by atoms with van der Waals surface area (Å²) in [6, 6.07) is 33.7. The second-order valence-corrected chi connectivity index (χ2v) is 8.52. The molecule has 3 aromatic carbocycles. The Labute approximate surface area is 252 Å². The molecular weight excluding hydrogens is 730 g/mol. The van der Waals surface area contributed by atoms with Gasteiger partial charge in [-0.15, -0.1) is 18.8 Å². The van der Waals surface area contributed by atoms with Gasteiger partial charge in [-0.2, -0.15) is 36.5 Å². The van der Waals surface area contributed by atoms with Crippen LogP contribution < -0.4 is 9.91 Å². The van der Waals surface area contributed by atoms with E-state index in [0.717, 1.165) is 29.4 Å². The minimum absolute atomic E-state index is 0. The zero-order valence-electron chi connectivity index (χ0n) is 21.4. The molecule has 0 amide bonds. The standard InChI is InChI=1S/C21H14F3N3.C10H5F2N2.Ir/c22-21(23,24)17-11-13-19(14-12-17)27-15-26(18-9-5-2-6-10-18)20(25-27)16-7-3-1-4-8-16;11-9-5-4-7(10(12)14-9)8-3-1-2-6-13-8;/h1-13,15H;1-3,5-6H;/q-2;-1;+3. The van der Waals surface area contributed by atoms with E-state index < -0.39 is 23.6 Å². The van der Waals surface area contributed by atoms with Gasteiger partial charge in [-0.1, -0.05) is 83.5 Å². The molecule has 212 valence electrons. The van der Waals surface area contributed by atoms with Crippen LogP contribution in [0.25, 0.3) is 11.3 Å². The number of alkyl halides is 3. The van der Waals surface area contributed by atoms with Gasteiger partial charge in [0.2, 0.25) is 0 Å². The van der Waals surface area contributed by atoms with Crippen LogP contribution >= 0.6 is 0 Å². The number of aromatic nitrogens is 2. The molecule has 42 heavy (non-hydrogen) atoms. The van der Waals surface area contributed by atoms with Crippen molar-refractivity contribution in [3.63, 3.8) is 0 Å². The Morgan fingerprint density at radius 1 is 0.762 bits per heavy atom. The molecule has 3 heterocycles. The number of hydrogen-bond acceptors (Lipinski definition) is 5. The van der Waals surface area contributed by atoms with E-state index in [1.807, 2.05) is 65.6 Å². The number of hydrogen-bond donors (Lipinski definition) is 0. The van der Waals surface area contributed by atoms with Crippen LogP contribution in [0.15, 0.2) is 114 Å². The Morgan fingerprint density at radius 2 is 1.45 bits per heavy atom. The number of amidine groups is 1. The van der Waals surface area contributed by atoms with Gasteiger partial charge in [-0.3, -0.25) is 4.98 Å². The average Bonchev–Trinajstić information content (AvgIpc) is 3.44. The van der Waals surface area contributed by atoms with Crippen molar-refractivity contribution in [1.82, 2.24) is 9.97 Å². The second kappa shape index (κ2) is 13.5. The summed E-state index contributed by atoms with van der Waals surface area (Å²) in [5.41, 5.74) is 1.94. The molecular formula is C31H19F5IrN5. The first-order chi connectivity index (χ1) is 19.8. The first kappa shape index (κ1) is 30.5. The van der Waals surface area contributed by atoms with Gasteiger partial charge in [0.05, 0.1) is 0 Å². The Kier molecular flexibility index (Phi) is 9.77. The van der Waals surface area contributed by atoms with Crippen LogP contribution in [0, 0.1) is 30.7 Å². The topological polar surface area (TPSA) is 44.6 Å². The molecule has 0 bridgehead atoms. The number of halogens is 5. The molecule has 11 heteroatoms. The number of anilines is 2. The van der Waals surface area contributed by atoms with Gasteiger partial charge < -0.3 is 14.9 Å². The molecule has 0 saturated carbocycles. The van der Waals surface area contributed by atoms with Crippen molar-refractivity contribution in [2.75, 3.05) is 9.91 Å².